The van der Waals surface area contributed by atoms with Gasteiger partial charge in [0.1, 0.15) is 5.75 Å². The Hall–Kier alpha value is -1.06. The average Bonchev–Trinajstić information content (AvgIpc) is 2.38. The van der Waals surface area contributed by atoms with Gasteiger partial charge in [-0.15, -0.1) is 0 Å². The molecule has 0 aromatic heterocycles. The predicted molar refractivity (Wildman–Crippen MR) is 77.7 cm³/mol. The van der Waals surface area contributed by atoms with Crippen LogP contribution in [-0.4, -0.2) is 26.9 Å². The minimum absolute atomic E-state index is 0.0848. The van der Waals surface area contributed by atoms with E-state index in [0.717, 1.165) is 12.2 Å². The molecule has 0 aliphatic heterocycles. The van der Waals surface area contributed by atoms with Crippen LogP contribution in [0, 0.1) is 6.92 Å². The molecule has 0 saturated heterocycles. The van der Waals surface area contributed by atoms with E-state index in [4.69, 9.17) is 9.47 Å². The van der Waals surface area contributed by atoms with Crippen LogP contribution < -0.4 is 10.1 Å². The van der Waals surface area contributed by atoms with Gasteiger partial charge in [-0.1, -0.05) is 12.1 Å². The topological polar surface area (TPSA) is 30.5 Å². The summed E-state index contributed by atoms with van der Waals surface area (Å²) in [5.74, 6) is 0.948. The standard InChI is InChI=1S/C16H25NO2/c1-12-10-13(6-7-15(12)18-3)14(17-2)11-16(19-4)8-5-9-16/h6-7,10,14,17H,5,8-9,11H2,1-4H3. The van der Waals surface area contributed by atoms with Gasteiger partial charge in [-0.25, -0.2) is 0 Å². The van der Waals surface area contributed by atoms with Crippen LogP contribution in [0.5, 0.6) is 5.75 Å². The lowest BCUT2D eigenvalue weighted by Crippen LogP contribution is -2.42. The molecule has 0 amide bonds. The van der Waals surface area contributed by atoms with E-state index in [1.54, 1.807) is 7.11 Å². The first-order valence-corrected chi connectivity index (χ1v) is 7.01. The molecule has 1 aromatic rings. The molecule has 1 aliphatic carbocycles. The minimum Gasteiger partial charge on any atom is -0.496 e. The zero-order valence-electron chi connectivity index (χ0n) is 12.5. The Balaban J connectivity index is 2.15. The van der Waals surface area contributed by atoms with Crippen LogP contribution >= 0.6 is 0 Å². The fourth-order valence-corrected chi connectivity index (χ4v) is 2.94. The summed E-state index contributed by atoms with van der Waals surface area (Å²) < 4.78 is 11.1. The summed E-state index contributed by atoms with van der Waals surface area (Å²) in [4.78, 5) is 0. The van der Waals surface area contributed by atoms with Crippen molar-refractivity contribution in [1.82, 2.24) is 5.32 Å². The molecule has 1 aromatic carbocycles. The van der Waals surface area contributed by atoms with Gasteiger partial charge in [-0.05, 0) is 56.8 Å². The lowest BCUT2D eigenvalue weighted by molar-refractivity contribution is -0.0834. The Morgan fingerprint density at radius 2 is 2.05 bits per heavy atom. The average molecular weight is 263 g/mol. The number of hydrogen-bond acceptors (Lipinski definition) is 3. The van der Waals surface area contributed by atoms with Gasteiger partial charge in [-0.3, -0.25) is 0 Å². The second kappa shape index (κ2) is 5.93. The van der Waals surface area contributed by atoms with Crippen LogP contribution in [-0.2, 0) is 4.74 Å². The number of benzene rings is 1. The first-order valence-electron chi connectivity index (χ1n) is 7.01. The highest BCUT2D eigenvalue weighted by molar-refractivity contribution is 5.37. The smallest absolute Gasteiger partial charge is 0.121 e. The van der Waals surface area contributed by atoms with E-state index in [0.29, 0.717) is 6.04 Å². The largest absolute Gasteiger partial charge is 0.496 e. The van der Waals surface area contributed by atoms with Gasteiger partial charge in [0.2, 0.25) is 0 Å². The summed E-state index contributed by atoms with van der Waals surface area (Å²) in [5.41, 5.74) is 2.58. The van der Waals surface area contributed by atoms with E-state index < -0.39 is 0 Å². The van der Waals surface area contributed by atoms with Crippen molar-refractivity contribution in [1.29, 1.82) is 0 Å². The van der Waals surface area contributed by atoms with Crippen LogP contribution in [0.25, 0.3) is 0 Å². The normalized spacial score (nSPS) is 18.7. The maximum atomic E-state index is 5.74. The molecular weight excluding hydrogens is 238 g/mol. The summed E-state index contributed by atoms with van der Waals surface area (Å²) >= 11 is 0. The van der Waals surface area contributed by atoms with Crippen molar-refractivity contribution in [3.05, 3.63) is 29.3 Å². The van der Waals surface area contributed by atoms with Crippen molar-refractivity contribution < 1.29 is 9.47 Å². The summed E-state index contributed by atoms with van der Waals surface area (Å²) in [6.45, 7) is 2.09. The number of rotatable bonds is 6. The lowest BCUT2D eigenvalue weighted by atomic mass is 9.74. The monoisotopic (exact) mass is 263 g/mol. The van der Waals surface area contributed by atoms with Crippen LogP contribution in [0.4, 0.5) is 0 Å². The van der Waals surface area contributed by atoms with Crippen LogP contribution in [0.15, 0.2) is 18.2 Å². The Labute approximate surface area is 116 Å². The van der Waals surface area contributed by atoms with Gasteiger partial charge in [-0.2, -0.15) is 0 Å². The molecule has 2 rings (SSSR count). The molecule has 1 atom stereocenters. The molecule has 1 fully saturated rings. The number of methoxy groups -OCH3 is 2. The maximum Gasteiger partial charge on any atom is 0.121 e. The van der Waals surface area contributed by atoms with Crippen molar-refractivity contribution >= 4 is 0 Å². The molecular formula is C16H25NO2. The van der Waals surface area contributed by atoms with Crippen molar-refractivity contribution in [3.63, 3.8) is 0 Å². The zero-order chi connectivity index (χ0) is 13.9. The molecule has 1 saturated carbocycles. The van der Waals surface area contributed by atoms with Crippen LogP contribution in [0.1, 0.15) is 42.9 Å². The van der Waals surface area contributed by atoms with E-state index in [-0.39, 0.29) is 5.60 Å². The molecule has 1 N–H and O–H groups in total. The maximum absolute atomic E-state index is 5.74. The molecule has 1 unspecified atom stereocenters. The predicted octanol–water partition coefficient (Wildman–Crippen LogP) is 3.22. The van der Waals surface area contributed by atoms with Crippen LogP contribution in [0.3, 0.4) is 0 Å². The highest BCUT2D eigenvalue weighted by Gasteiger charge is 2.39. The van der Waals surface area contributed by atoms with E-state index in [9.17, 15) is 0 Å². The highest BCUT2D eigenvalue weighted by atomic mass is 16.5. The van der Waals surface area contributed by atoms with Gasteiger partial charge in [0.05, 0.1) is 12.7 Å². The zero-order valence-corrected chi connectivity index (χ0v) is 12.5. The van der Waals surface area contributed by atoms with Crippen molar-refractivity contribution in [2.45, 2.75) is 44.2 Å². The molecule has 0 radical (unpaired) electrons. The third-order valence-corrected chi connectivity index (χ3v) is 4.44. The Bertz CT molecular complexity index is 421. The number of aryl methyl sites for hydroxylation is 1. The SMILES string of the molecule is CNC(CC1(OC)CCC1)c1ccc(OC)c(C)c1. The first-order chi connectivity index (χ1) is 9.14. The Morgan fingerprint density at radius 1 is 1.32 bits per heavy atom. The summed E-state index contributed by atoms with van der Waals surface area (Å²) in [7, 11) is 5.57. The lowest BCUT2D eigenvalue weighted by Gasteiger charge is -2.43. The molecule has 106 valence electrons. The van der Waals surface area contributed by atoms with Gasteiger partial charge in [0, 0.05) is 13.2 Å². The minimum atomic E-state index is 0.0848. The first kappa shape index (κ1) is 14.4. The van der Waals surface area contributed by atoms with Gasteiger partial charge in [0.25, 0.3) is 0 Å². The molecule has 1 aliphatic rings. The number of nitrogens with one attached hydrogen (secondary N) is 1. The highest BCUT2D eigenvalue weighted by Crippen LogP contribution is 2.42. The van der Waals surface area contributed by atoms with E-state index in [2.05, 4.69) is 30.4 Å². The van der Waals surface area contributed by atoms with Crippen molar-refractivity contribution in [3.8, 4) is 5.75 Å². The fraction of sp³-hybridized carbons (Fsp3) is 0.625. The number of ether oxygens (including phenoxy) is 2. The van der Waals surface area contributed by atoms with Gasteiger partial charge < -0.3 is 14.8 Å². The van der Waals surface area contributed by atoms with E-state index in [1.165, 1.54) is 30.4 Å². The molecule has 3 heteroatoms. The molecule has 19 heavy (non-hydrogen) atoms. The van der Waals surface area contributed by atoms with E-state index >= 15 is 0 Å². The van der Waals surface area contributed by atoms with Crippen molar-refractivity contribution in [2.24, 2.45) is 0 Å². The second-order valence-electron chi connectivity index (χ2n) is 5.52. The van der Waals surface area contributed by atoms with E-state index in [1.807, 2.05) is 14.2 Å². The Kier molecular flexibility index (Phi) is 4.48. The molecule has 0 heterocycles. The van der Waals surface area contributed by atoms with Gasteiger partial charge in [0.15, 0.2) is 0 Å². The number of hydrogen-bond donors (Lipinski definition) is 1. The Morgan fingerprint density at radius 3 is 2.47 bits per heavy atom. The summed E-state index contributed by atoms with van der Waals surface area (Å²) in [5, 5.41) is 3.42. The van der Waals surface area contributed by atoms with Crippen molar-refractivity contribution in [2.75, 3.05) is 21.3 Å². The quantitative estimate of drug-likeness (QED) is 0.855. The summed E-state index contributed by atoms with van der Waals surface area (Å²) in [6, 6.07) is 6.75. The molecule has 3 nitrogen and oxygen atoms in total. The molecule has 0 bridgehead atoms. The van der Waals surface area contributed by atoms with Gasteiger partial charge >= 0.3 is 0 Å². The van der Waals surface area contributed by atoms with Crippen LogP contribution in [0.2, 0.25) is 0 Å². The third kappa shape index (κ3) is 2.93. The summed E-state index contributed by atoms with van der Waals surface area (Å²) in [6.07, 6.45) is 4.67. The molecule has 0 spiro atoms. The second-order valence-corrected chi connectivity index (χ2v) is 5.52. The fourth-order valence-electron chi connectivity index (χ4n) is 2.94. The third-order valence-electron chi connectivity index (χ3n) is 4.44.